The Bertz CT molecular complexity index is 593. The molecule has 2 rings (SSSR count). The van der Waals surface area contributed by atoms with Gasteiger partial charge < -0.3 is 15.2 Å². The first-order chi connectivity index (χ1) is 10.5. The maximum absolute atomic E-state index is 11.3. The quantitative estimate of drug-likeness (QED) is 0.796. The van der Waals surface area contributed by atoms with Gasteiger partial charge in [0.2, 0.25) is 0 Å². The van der Waals surface area contributed by atoms with E-state index in [1.807, 2.05) is 68.4 Å². The number of benzene rings is 2. The van der Waals surface area contributed by atoms with Crippen molar-refractivity contribution < 1.29 is 14.6 Å². The Morgan fingerprint density at radius 3 is 2.18 bits per heavy atom. The number of para-hydroxylation sites is 1. The van der Waals surface area contributed by atoms with Gasteiger partial charge >= 0.3 is 5.97 Å². The number of rotatable bonds is 7. The third kappa shape index (κ3) is 4.81. The molecular formula is C18H21NO3. The van der Waals surface area contributed by atoms with Gasteiger partial charge in [-0.25, -0.2) is 4.79 Å². The van der Waals surface area contributed by atoms with Crippen molar-refractivity contribution in [2.45, 2.75) is 26.3 Å². The molecule has 0 bridgehead atoms. The van der Waals surface area contributed by atoms with Crippen molar-refractivity contribution in [3.8, 4) is 11.5 Å². The Morgan fingerprint density at radius 1 is 1.05 bits per heavy atom. The topological polar surface area (TPSA) is 58.6 Å². The fourth-order valence-electron chi connectivity index (χ4n) is 2.14. The van der Waals surface area contributed by atoms with Crippen LogP contribution in [0, 0.1) is 5.92 Å². The first-order valence-electron chi connectivity index (χ1n) is 7.37. The van der Waals surface area contributed by atoms with Crippen molar-refractivity contribution >= 4 is 11.7 Å². The van der Waals surface area contributed by atoms with Gasteiger partial charge in [-0.05, 0) is 48.7 Å². The Labute approximate surface area is 130 Å². The van der Waals surface area contributed by atoms with Crippen LogP contribution in [0.4, 0.5) is 5.69 Å². The number of carbonyl (C=O) groups is 1. The van der Waals surface area contributed by atoms with E-state index in [0.29, 0.717) is 18.1 Å². The predicted molar refractivity (Wildman–Crippen MR) is 87.5 cm³/mol. The zero-order chi connectivity index (χ0) is 15.9. The average molecular weight is 299 g/mol. The van der Waals surface area contributed by atoms with E-state index in [-0.39, 0.29) is 0 Å². The Kier molecular flexibility index (Phi) is 5.42. The van der Waals surface area contributed by atoms with E-state index in [9.17, 15) is 9.90 Å². The van der Waals surface area contributed by atoms with Gasteiger partial charge in [-0.15, -0.1) is 0 Å². The van der Waals surface area contributed by atoms with Gasteiger partial charge in [0.25, 0.3) is 0 Å². The first kappa shape index (κ1) is 15.9. The molecule has 0 aliphatic carbocycles. The lowest BCUT2D eigenvalue weighted by atomic mass is 10.0. The van der Waals surface area contributed by atoms with Crippen LogP contribution in [0.15, 0.2) is 54.6 Å². The summed E-state index contributed by atoms with van der Waals surface area (Å²) in [7, 11) is 0. The molecule has 0 heterocycles. The van der Waals surface area contributed by atoms with Gasteiger partial charge in [-0.2, -0.15) is 0 Å². The number of ether oxygens (including phenoxy) is 1. The van der Waals surface area contributed by atoms with Crippen molar-refractivity contribution in [2.24, 2.45) is 5.92 Å². The first-order valence-corrected chi connectivity index (χ1v) is 7.37. The van der Waals surface area contributed by atoms with Crippen LogP contribution in [0.25, 0.3) is 0 Å². The molecule has 0 aromatic heterocycles. The zero-order valence-corrected chi connectivity index (χ0v) is 12.8. The average Bonchev–Trinajstić information content (AvgIpc) is 2.49. The molecule has 0 spiro atoms. The summed E-state index contributed by atoms with van der Waals surface area (Å²) in [6.07, 6.45) is 0.581. The second-order valence-corrected chi connectivity index (χ2v) is 5.60. The van der Waals surface area contributed by atoms with E-state index in [0.717, 1.165) is 11.4 Å². The Hall–Kier alpha value is -2.49. The Morgan fingerprint density at radius 2 is 1.64 bits per heavy atom. The van der Waals surface area contributed by atoms with E-state index in [1.54, 1.807) is 0 Å². The number of aliphatic carboxylic acids is 1. The molecule has 0 amide bonds. The standard InChI is InChI=1S/C18H21NO3/c1-13(2)12-17(18(20)21)19-14-8-10-16(11-9-14)22-15-6-4-3-5-7-15/h3-11,13,17,19H,12H2,1-2H3,(H,20,21). The van der Waals surface area contributed by atoms with Gasteiger partial charge in [0.05, 0.1) is 0 Å². The molecule has 0 aliphatic rings. The fraction of sp³-hybridized carbons (Fsp3) is 0.278. The molecule has 116 valence electrons. The van der Waals surface area contributed by atoms with Crippen molar-refractivity contribution in [3.05, 3.63) is 54.6 Å². The van der Waals surface area contributed by atoms with Crippen molar-refractivity contribution in [3.63, 3.8) is 0 Å². The number of nitrogens with one attached hydrogen (secondary N) is 1. The maximum atomic E-state index is 11.3. The summed E-state index contributed by atoms with van der Waals surface area (Å²) < 4.78 is 5.71. The minimum absolute atomic E-state index is 0.314. The molecule has 22 heavy (non-hydrogen) atoms. The van der Waals surface area contributed by atoms with Crippen LogP contribution >= 0.6 is 0 Å². The summed E-state index contributed by atoms with van der Waals surface area (Å²) in [5.41, 5.74) is 0.772. The number of anilines is 1. The monoisotopic (exact) mass is 299 g/mol. The molecule has 4 nitrogen and oxygen atoms in total. The number of carboxylic acids is 1. The van der Waals surface area contributed by atoms with Gasteiger partial charge in [0.1, 0.15) is 17.5 Å². The van der Waals surface area contributed by atoms with Crippen molar-refractivity contribution in [2.75, 3.05) is 5.32 Å². The van der Waals surface area contributed by atoms with E-state index in [2.05, 4.69) is 5.32 Å². The van der Waals surface area contributed by atoms with Gasteiger partial charge in [-0.3, -0.25) is 0 Å². The lowest BCUT2D eigenvalue weighted by Crippen LogP contribution is -2.30. The zero-order valence-electron chi connectivity index (χ0n) is 12.8. The van der Waals surface area contributed by atoms with Gasteiger partial charge in [0.15, 0.2) is 0 Å². The highest BCUT2D eigenvalue weighted by atomic mass is 16.5. The van der Waals surface area contributed by atoms with Gasteiger partial charge in [0, 0.05) is 5.69 Å². The van der Waals surface area contributed by atoms with Crippen LogP contribution in [0.3, 0.4) is 0 Å². The van der Waals surface area contributed by atoms with Gasteiger partial charge in [-0.1, -0.05) is 32.0 Å². The summed E-state index contributed by atoms with van der Waals surface area (Å²) in [4.78, 5) is 11.3. The number of carboxylic acid groups (broad SMARTS) is 1. The van der Waals surface area contributed by atoms with Crippen LogP contribution in [-0.4, -0.2) is 17.1 Å². The van der Waals surface area contributed by atoms with Crippen LogP contribution in [0.5, 0.6) is 11.5 Å². The molecule has 0 aliphatic heterocycles. The number of hydrogen-bond acceptors (Lipinski definition) is 3. The smallest absolute Gasteiger partial charge is 0.326 e. The van der Waals surface area contributed by atoms with Crippen LogP contribution < -0.4 is 10.1 Å². The van der Waals surface area contributed by atoms with E-state index < -0.39 is 12.0 Å². The lowest BCUT2D eigenvalue weighted by molar-refractivity contribution is -0.138. The molecular weight excluding hydrogens is 278 g/mol. The minimum atomic E-state index is -0.835. The van der Waals surface area contributed by atoms with E-state index in [4.69, 9.17) is 4.74 Å². The summed E-state index contributed by atoms with van der Waals surface area (Å²) in [6, 6.07) is 16.2. The molecule has 4 heteroatoms. The maximum Gasteiger partial charge on any atom is 0.326 e. The summed E-state index contributed by atoms with van der Waals surface area (Å²) in [5.74, 6) is 0.964. The number of hydrogen-bond donors (Lipinski definition) is 2. The second kappa shape index (κ2) is 7.50. The predicted octanol–water partition coefficient (Wildman–Crippen LogP) is 4.39. The van der Waals surface area contributed by atoms with E-state index >= 15 is 0 Å². The third-order valence-electron chi connectivity index (χ3n) is 3.18. The molecule has 2 aromatic carbocycles. The third-order valence-corrected chi connectivity index (χ3v) is 3.18. The fourth-order valence-corrected chi connectivity index (χ4v) is 2.14. The molecule has 1 unspecified atom stereocenters. The SMILES string of the molecule is CC(C)CC(Nc1ccc(Oc2ccccc2)cc1)C(=O)O. The van der Waals surface area contributed by atoms with Crippen LogP contribution in [-0.2, 0) is 4.79 Å². The largest absolute Gasteiger partial charge is 0.480 e. The van der Waals surface area contributed by atoms with E-state index in [1.165, 1.54) is 0 Å². The second-order valence-electron chi connectivity index (χ2n) is 5.60. The Balaban J connectivity index is 2.00. The summed E-state index contributed by atoms with van der Waals surface area (Å²) in [5, 5.41) is 12.3. The summed E-state index contributed by atoms with van der Waals surface area (Å²) in [6.45, 7) is 4.02. The lowest BCUT2D eigenvalue weighted by Gasteiger charge is -2.17. The molecule has 0 fully saturated rings. The highest BCUT2D eigenvalue weighted by Gasteiger charge is 2.18. The highest BCUT2D eigenvalue weighted by molar-refractivity contribution is 5.77. The molecule has 2 aromatic rings. The minimum Gasteiger partial charge on any atom is -0.480 e. The van der Waals surface area contributed by atoms with Crippen molar-refractivity contribution in [1.82, 2.24) is 0 Å². The molecule has 0 saturated carbocycles. The molecule has 1 atom stereocenters. The van der Waals surface area contributed by atoms with Crippen molar-refractivity contribution in [1.29, 1.82) is 0 Å². The van der Waals surface area contributed by atoms with Crippen LogP contribution in [0.2, 0.25) is 0 Å². The normalized spacial score (nSPS) is 12.0. The molecule has 0 saturated heterocycles. The summed E-state index contributed by atoms with van der Waals surface area (Å²) >= 11 is 0. The highest BCUT2D eigenvalue weighted by Crippen LogP contribution is 2.23. The molecule has 0 radical (unpaired) electrons. The molecule has 2 N–H and O–H groups in total. The van der Waals surface area contributed by atoms with Crippen LogP contribution in [0.1, 0.15) is 20.3 Å².